The fourth-order valence-corrected chi connectivity index (χ4v) is 1.53. The summed E-state index contributed by atoms with van der Waals surface area (Å²) >= 11 is 0. The van der Waals surface area contributed by atoms with Crippen molar-refractivity contribution in [3.8, 4) is 0 Å². The molecule has 0 spiro atoms. The Hall–Kier alpha value is -1.84. The molecule has 0 aliphatic heterocycles. The molecule has 0 aliphatic rings. The molecule has 0 unspecified atom stereocenters. The normalized spacial score (nSPS) is 11.2. The van der Waals surface area contributed by atoms with Gasteiger partial charge >= 0.3 is 5.63 Å². The van der Waals surface area contributed by atoms with Crippen LogP contribution in [0.3, 0.4) is 0 Å². The van der Waals surface area contributed by atoms with Crippen molar-refractivity contribution in [3.63, 3.8) is 0 Å². The summed E-state index contributed by atoms with van der Waals surface area (Å²) in [6.07, 6.45) is 0. The van der Waals surface area contributed by atoms with Crippen LogP contribution >= 0.6 is 0 Å². The summed E-state index contributed by atoms with van der Waals surface area (Å²) in [6, 6.07) is 2.91. The van der Waals surface area contributed by atoms with E-state index in [0.717, 1.165) is 0 Å². The van der Waals surface area contributed by atoms with Crippen LogP contribution in [0.15, 0.2) is 30.6 Å². The molecule has 2 aromatic heterocycles. The van der Waals surface area contributed by atoms with E-state index >= 15 is 0 Å². The minimum atomic E-state index is -0.640. The summed E-state index contributed by atoms with van der Waals surface area (Å²) in [5.74, 6) is 1.11. The van der Waals surface area contributed by atoms with E-state index in [1.165, 1.54) is 6.07 Å². The topological polar surface area (TPSA) is 60.4 Å². The van der Waals surface area contributed by atoms with Crippen molar-refractivity contribution in [1.82, 2.24) is 0 Å². The van der Waals surface area contributed by atoms with Crippen LogP contribution in [-0.2, 0) is 0 Å². The van der Waals surface area contributed by atoms with Crippen LogP contribution < -0.4 is 11.1 Å². The van der Waals surface area contributed by atoms with Gasteiger partial charge in [0.2, 0.25) is 0 Å². The van der Waals surface area contributed by atoms with Crippen molar-refractivity contribution in [2.45, 2.75) is 26.7 Å². The SMILES string of the molecule is Cc1cc2oc(C(C)C)cc(=O)c2c(=O)o1. The van der Waals surface area contributed by atoms with Crippen molar-refractivity contribution < 1.29 is 8.83 Å². The highest BCUT2D eigenvalue weighted by Crippen LogP contribution is 2.17. The second-order valence-corrected chi connectivity index (χ2v) is 4.05. The highest BCUT2D eigenvalue weighted by Gasteiger charge is 2.12. The third kappa shape index (κ3) is 1.66. The van der Waals surface area contributed by atoms with Crippen LogP contribution in [-0.4, -0.2) is 0 Å². The first-order valence-corrected chi connectivity index (χ1v) is 5.07. The van der Waals surface area contributed by atoms with Gasteiger partial charge in [0.25, 0.3) is 0 Å². The van der Waals surface area contributed by atoms with Crippen LogP contribution in [0.2, 0.25) is 0 Å². The zero-order valence-corrected chi connectivity index (χ0v) is 9.37. The smallest absolute Gasteiger partial charge is 0.351 e. The lowest BCUT2D eigenvalue weighted by molar-refractivity contribution is 0.470. The number of rotatable bonds is 1. The Labute approximate surface area is 91.5 Å². The van der Waals surface area contributed by atoms with E-state index in [1.54, 1.807) is 13.0 Å². The van der Waals surface area contributed by atoms with Gasteiger partial charge < -0.3 is 8.83 Å². The molecule has 84 valence electrons. The molecule has 16 heavy (non-hydrogen) atoms. The number of hydrogen-bond acceptors (Lipinski definition) is 4. The van der Waals surface area contributed by atoms with Crippen molar-refractivity contribution >= 4 is 11.0 Å². The Balaban J connectivity index is 2.93. The average Bonchev–Trinajstić information content (AvgIpc) is 2.15. The molecule has 0 radical (unpaired) electrons. The molecule has 2 rings (SSSR count). The maximum Gasteiger partial charge on any atom is 0.351 e. The minimum Gasteiger partial charge on any atom is -0.460 e. The summed E-state index contributed by atoms with van der Waals surface area (Å²) < 4.78 is 10.4. The van der Waals surface area contributed by atoms with Crippen LogP contribution in [0, 0.1) is 6.92 Å². The third-order valence-electron chi connectivity index (χ3n) is 2.36. The quantitative estimate of drug-likeness (QED) is 0.739. The Kier molecular flexibility index (Phi) is 2.42. The second-order valence-electron chi connectivity index (χ2n) is 4.05. The van der Waals surface area contributed by atoms with Gasteiger partial charge in [-0.15, -0.1) is 0 Å². The lowest BCUT2D eigenvalue weighted by Crippen LogP contribution is -2.13. The fourth-order valence-electron chi connectivity index (χ4n) is 1.53. The van der Waals surface area contributed by atoms with Crippen LogP contribution in [0.25, 0.3) is 11.0 Å². The van der Waals surface area contributed by atoms with Crippen molar-refractivity contribution in [3.05, 3.63) is 44.3 Å². The fraction of sp³-hybridized carbons (Fsp3) is 0.333. The monoisotopic (exact) mass is 220 g/mol. The zero-order valence-electron chi connectivity index (χ0n) is 9.37. The maximum atomic E-state index is 11.7. The third-order valence-corrected chi connectivity index (χ3v) is 2.36. The molecule has 0 saturated heterocycles. The molecule has 0 saturated carbocycles. The Morgan fingerprint density at radius 3 is 2.44 bits per heavy atom. The molecule has 4 heteroatoms. The van der Waals surface area contributed by atoms with Gasteiger partial charge in [-0.1, -0.05) is 13.8 Å². The van der Waals surface area contributed by atoms with Gasteiger partial charge in [-0.05, 0) is 6.92 Å². The van der Waals surface area contributed by atoms with Gasteiger partial charge in [-0.2, -0.15) is 0 Å². The summed E-state index contributed by atoms with van der Waals surface area (Å²) in [4.78, 5) is 23.2. The molecule has 0 amide bonds. The molecule has 0 N–H and O–H groups in total. The highest BCUT2D eigenvalue weighted by molar-refractivity contribution is 5.74. The Morgan fingerprint density at radius 1 is 1.12 bits per heavy atom. The predicted octanol–water partition coefficient (Wildman–Crippen LogP) is 2.18. The molecule has 0 bridgehead atoms. The molecule has 2 aromatic rings. The second kappa shape index (κ2) is 3.63. The molecule has 2 heterocycles. The van der Waals surface area contributed by atoms with Crippen molar-refractivity contribution in [2.24, 2.45) is 0 Å². The lowest BCUT2D eigenvalue weighted by Gasteiger charge is -2.04. The first kappa shape index (κ1) is 10.7. The Morgan fingerprint density at radius 2 is 1.81 bits per heavy atom. The molecule has 0 aliphatic carbocycles. The van der Waals surface area contributed by atoms with Gasteiger partial charge in [-0.25, -0.2) is 4.79 Å². The van der Waals surface area contributed by atoms with E-state index in [4.69, 9.17) is 8.83 Å². The summed E-state index contributed by atoms with van der Waals surface area (Å²) in [7, 11) is 0. The van der Waals surface area contributed by atoms with E-state index in [9.17, 15) is 9.59 Å². The van der Waals surface area contributed by atoms with Gasteiger partial charge in [0.1, 0.15) is 17.1 Å². The first-order chi connectivity index (χ1) is 7.49. The van der Waals surface area contributed by atoms with Crippen molar-refractivity contribution in [1.29, 1.82) is 0 Å². The molecular weight excluding hydrogens is 208 g/mol. The van der Waals surface area contributed by atoms with E-state index < -0.39 is 5.63 Å². The highest BCUT2D eigenvalue weighted by atomic mass is 16.4. The van der Waals surface area contributed by atoms with Gasteiger partial charge in [0, 0.05) is 18.1 Å². The van der Waals surface area contributed by atoms with E-state index in [-0.39, 0.29) is 16.7 Å². The first-order valence-electron chi connectivity index (χ1n) is 5.07. The number of hydrogen-bond donors (Lipinski definition) is 0. The van der Waals surface area contributed by atoms with Gasteiger partial charge in [-0.3, -0.25) is 4.79 Å². The van der Waals surface area contributed by atoms with Crippen LogP contribution in [0.1, 0.15) is 31.3 Å². The summed E-state index contributed by atoms with van der Waals surface area (Å²) in [5, 5.41) is -0.0185. The maximum absolute atomic E-state index is 11.7. The van der Waals surface area contributed by atoms with E-state index in [2.05, 4.69) is 0 Å². The largest absolute Gasteiger partial charge is 0.460 e. The predicted molar refractivity (Wildman–Crippen MR) is 59.8 cm³/mol. The molecule has 0 fully saturated rings. The summed E-state index contributed by atoms with van der Waals surface area (Å²) in [6.45, 7) is 5.48. The van der Waals surface area contributed by atoms with Crippen LogP contribution in [0.4, 0.5) is 0 Å². The van der Waals surface area contributed by atoms with Gasteiger partial charge in [0.05, 0.1) is 0 Å². The lowest BCUT2D eigenvalue weighted by atomic mass is 10.1. The van der Waals surface area contributed by atoms with Gasteiger partial charge in [0.15, 0.2) is 10.8 Å². The average molecular weight is 220 g/mol. The van der Waals surface area contributed by atoms with Crippen LogP contribution in [0.5, 0.6) is 0 Å². The molecule has 4 nitrogen and oxygen atoms in total. The van der Waals surface area contributed by atoms with Crippen molar-refractivity contribution in [2.75, 3.05) is 0 Å². The molecule has 0 aromatic carbocycles. The van der Waals surface area contributed by atoms with E-state index in [1.807, 2.05) is 13.8 Å². The minimum absolute atomic E-state index is 0.0185. The Bertz CT molecular complexity index is 646. The number of aryl methyl sites for hydroxylation is 1. The zero-order chi connectivity index (χ0) is 11.9. The summed E-state index contributed by atoms with van der Waals surface area (Å²) in [5.41, 5.74) is -0.692. The molecule has 0 atom stereocenters. The molecular formula is C12H12O4. The standard InChI is InChI=1S/C12H12O4/c1-6(2)9-5-8(13)11-10(16-9)4-7(3)15-12(11)14/h4-6H,1-3H3. The van der Waals surface area contributed by atoms with E-state index in [0.29, 0.717) is 17.1 Å². The number of fused-ring (bicyclic) bond motifs is 1.